The number of carbonyl (C=O) groups is 1. The maximum absolute atomic E-state index is 12.5. The van der Waals surface area contributed by atoms with Gasteiger partial charge in [0.1, 0.15) is 5.69 Å². The molecule has 0 unspecified atom stereocenters. The monoisotopic (exact) mass is 315 g/mol. The molecule has 9 heteroatoms. The summed E-state index contributed by atoms with van der Waals surface area (Å²) in [6.07, 6.45) is -0.337. The van der Waals surface area contributed by atoms with Crippen LogP contribution in [0.15, 0.2) is 18.5 Å². The highest BCUT2D eigenvalue weighted by Gasteiger charge is 2.35. The predicted molar refractivity (Wildman–Crippen MR) is 72.1 cm³/mol. The number of rotatable bonds is 5. The first-order valence-electron chi connectivity index (χ1n) is 6.66. The largest absolute Gasteiger partial charge is 0.435 e. The molecule has 0 bridgehead atoms. The van der Waals surface area contributed by atoms with E-state index >= 15 is 0 Å². The smallest absolute Gasteiger partial charge is 0.351 e. The Balaban J connectivity index is 1.86. The van der Waals surface area contributed by atoms with Crippen molar-refractivity contribution in [2.45, 2.75) is 26.1 Å². The van der Waals surface area contributed by atoms with E-state index in [0.717, 1.165) is 16.3 Å². The van der Waals surface area contributed by atoms with Crippen LogP contribution in [0.25, 0.3) is 0 Å². The topological polar surface area (TPSA) is 64.7 Å². The fraction of sp³-hybridized carbons (Fsp3) is 0.462. The predicted octanol–water partition coefficient (Wildman–Crippen LogP) is 1.76. The van der Waals surface area contributed by atoms with Crippen LogP contribution < -0.4 is 5.32 Å². The van der Waals surface area contributed by atoms with Gasteiger partial charge in [-0.05, 0) is 18.9 Å². The van der Waals surface area contributed by atoms with Crippen molar-refractivity contribution in [3.05, 3.63) is 35.4 Å². The molecule has 2 aromatic heterocycles. The quantitative estimate of drug-likeness (QED) is 0.855. The highest BCUT2D eigenvalue weighted by atomic mass is 19.4. The third kappa shape index (κ3) is 3.86. The fourth-order valence-electron chi connectivity index (χ4n) is 1.94. The van der Waals surface area contributed by atoms with E-state index < -0.39 is 17.8 Å². The Morgan fingerprint density at radius 3 is 2.68 bits per heavy atom. The number of carbonyl (C=O) groups excluding carboxylic acids is 1. The van der Waals surface area contributed by atoms with Gasteiger partial charge in [0.2, 0.25) is 0 Å². The van der Waals surface area contributed by atoms with Crippen molar-refractivity contribution in [2.75, 3.05) is 6.54 Å². The van der Waals surface area contributed by atoms with Crippen molar-refractivity contribution >= 4 is 5.91 Å². The molecule has 1 N–H and O–H groups in total. The molecule has 0 aliphatic carbocycles. The second kappa shape index (κ2) is 6.20. The van der Waals surface area contributed by atoms with Gasteiger partial charge in [0.05, 0.1) is 6.20 Å². The van der Waals surface area contributed by atoms with E-state index in [1.165, 1.54) is 7.05 Å². The zero-order valence-corrected chi connectivity index (χ0v) is 12.2. The van der Waals surface area contributed by atoms with Crippen LogP contribution in [0.4, 0.5) is 13.2 Å². The van der Waals surface area contributed by atoms with Gasteiger partial charge in [-0.15, -0.1) is 0 Å². The Labute approximate surface area is 124 Å². The molecule has 0 aliphatic heterocycles. The summed E-state index contributed by atoms with van der Waals surface area (Å²) in [6.45, 7) is 2.88. The summed E-state index contributed by atoms with van der Waals surface area (Å²) in [7, 11) is 1.30. The molecule has 2 aromatic rings. The van der Waals surface area contributed by atoms with Gasteiger partial charge in [-0.1, -0.05) is 0 Å². The molecule has 1 amide bonds. The average molecular weight is 315 g/mol. The molecule has 2 rings (SSSR count). The number of hydrogen-bond acceptors (Lipinski definition) is 3. The van der Waals surface area contributed by atoms with Crippen molar-refractivity contribution in [3.63, 3.8) is 0 Å². The first kappa shape index (κ1) is 16.1. The maximum Gasteiger partial charge on any atom is 0.435 e. The van der Waals surface area contributed by atoms with Gasteiger partial charge in [0.15, 0.2) is 5.69 Å². The molecule has 0 aliphatic rings. The number of aryl methyl sites for hydroxylation is 3. The first-order valence-corrected chi connectivity index (χ1v) is 6.66. The summed E-state index contributed by atoms with van der Waals surface area (Å²) in [4.78, 5) is 11.9. The molecule has 2 heterocycles. The Bertz CT molecular complexity index is 659. The van der Waals surface area contributed by atoms with Crippen molar-refractivity contribution in [3.8, 4) is 0 Å². The van der Waals surface area contributed by atoms with Gasteiger partial charge in [-0.25, -0.2) is 0 Å². The molecule has 0 atom stereocenters. The van der Waals surface area contributed by atoms with E-state index in [-0.39, 0.29) is 5.69 Å². The summed E-state index contributed by atoms with van der Waals surface area (Å²) >= 11 is 0. The molecule has 0 spiro atoms. The van der Waals surface area contributed by atoms with Crippen molar-refractivity contribution < 1.29 is 18.0 Å². The zero-order chi connectivity index (χ0) is 16.3. The SMILES string of the molecule is Cc1cnn(CCCNC(=O)c2cc(C(F)(F)F)nn2C)c1. The fourth-order valence-corrected chi connectivity index (χ4v) is 1.94. The normalized spacial score (nSPS) is 11.7. The minimum Gasteiger partial charge on any atom is -0.351 e. The van der Waals surface area contributed by atoms with Gasteiger partial charge < -0.3 is 5.32 Å². The molecule has 0 aromatic carbocycles. The summed E-state index contributed by atoms with van der Waals surface area (Å²) in [5.41, 5.74) is -0.159. The van der Waals surface area contributed by atoms with E-state index in [1.54, 1.807) is 10.9 Å². The summed E-state index contributed by atoms with van der Waals surface area (Å²) in [6, 6.07) is 0.742. The van der Waals surface area contributed by atoms with Gasteiger partial charge in [0.25, 0.3) is 5.91 Å². The highest BCUT2D eigenvalue weighted by Crippen LogP contribution is 2.28. The van der Waals surface area contributed by atoms with Crippen LogP contribution in [-0.2, 0) is 19.8 Å². The Hall–Kier alpha value is -2.32. The Kier molecular flexibility index (Phi) is 4.53. The number of aromatic nitrogens is 4. The minimum absolute atomic E-state index is 0.123. The van der Waals surface area contributed by atoms with E-state index in [1.807, 2.05) is 13.1 Å². The van der Waals surface area contributed by atoms with Crippen LogP contribution in [0.1, 0.15) is 28.2 Å². The second-order valence-electron chi connectivity index (χ2n) is 4.93. The average Bonchev–Trinajstić information content (AvgIpc) is 3.00. The van der Waals surface area contributed by atoms with Crippen molar-refractivity contribution in [2.24, 2.45) is 7.05 Å². The van der Waals surface area contributed by atoms with Gasteiger partial charge in [-0.3, -0.25) is 14.2 Å². The van der Waals surface area contributed by atoms with Crippen LogP contribution in [0.3, 0.4) is 0 Å². The summed E-state index contributed by atoms with van der Waals surface area (Å²) < 4.78 is 40.2. The van der Waals surface area contributed by atoms with Crippen molar-refractivity contribution in [1.82, 2.24) is 24.9 Å². The Morgan fingerprint density at radius 1 is 1.41 bits per heavy atom. The van der Waals surface area contributed by atoms with Crippen LogP contribution in [0.5, 0.6) is 0 Å². The minimum atomic E-state index is -4.56. The van der Waals surface area contributed by atoms with Gasteiger partial charge >= 0.3 is 6.18 Å². The van der Waals surface area contributed by atoms with Crippen LogP contribution >= 0.6 is 0 Å². The molecule has 6 nitrogen and oxygen atoms in total. The summed E-state index contributed by atoms with van der Waals surface area (Å²) in [5, 5.41) is 9.97. The number of halogens is 3. The lowest BCUT2D eigenvalue weighted by Gasteiger charge is -2.05. The number of hydrogen-bond donors (Lipinski definition) is 1. The number of amides is 1. The molecule has 0 radical (unpaired) electrons. The molecular weight excluding hydrogens is 299 g/mol. The third-order valence-electron chi connectivity index (χ3n) is 3.01. The third-order valence-corrected chi connectivity index (χ3v) is 3.01. The Morgan fingerprint density at radius 2 is 2.14 bits per heavy atom. The molecule has 0 saturated carbocycles. The van der Waals surface area contributed by atoms with Crippen LogP contribution in [-0.4, -0.2) is 32.0 Å². The molecule has 120 valence electrons. The molecular formula is C13H16F3N5O. The lowest BCUT2D eigenvalue weighted by Crippen LogP contribution is -2.27. The zero-order valence-electron chi connectivity index (χ0n) is 12.2. The molecule has 0 saturated heterocycles. The van der Waals surface area contributed by atoms with E-state index in [2.05, 4.69) is 15.5 Å². The van der Waals surface area contributed by atoms with E-state index in [4.69, 9.17) is 0 Å². The van der Waals surface area contributed by atoms with Gasteiger partial charge in [-0.2, -0.15) is 23.4 Å². The van der Waals surface area contributed by atoms with Crippen molar-refractivity contribution in [1.29, 1.82) is 0 Å². The number of nitrogens with one attached hydrogen (secondary N) is 1. The number of nitrogens with zero attached hydrogens (tertiary/aromatic N) is 4. The number of alkyl halides is 3. The summed E-state index contributed by atoms with van der Waals surface area (Å²) in [5.74, 6) is -0.581. The maximum atomic E-state index is 12.5. The van der Waals surface area contributed by atoms with Crippen LogP contribution in [0, 0.1) is 6.92 Å². The van der Waals surface area contributed by atoms with Crippen LogP contribution in [0.2, 0.25) is 0 Å². The second-order valence-corrected chi connectivity index (χ2v) is 4.93. The van der Waals surface area contributed by atoms with E-state index in [9.17, 15) is 18.0 Å². The van der Waals surface area contributed by atoms with Gasteiger partial charge in [0, 0.05) is 32.4 Å². The lowest BCUT2D eigenvalue weighted by atomic mass is 10.3. The van der Waals surface area contributed by atoms with E-state index in [0.29, 0.717) is 19.5 Å². The molecule has 22 heavy (non-hydrogen) atoms. The first-order chi connectivity index (χ1) is 10.3. The standard InChI is InChI=1S/C13H16F3N5O/c1-9-7-18-21(8-9)5-3-4-17-12(22)10-6-11(13(14,15)16)19-20(10)2/h6-8H,3-5H2,1-2H3,(H,17,22). The molecule has 0 fully saturated rings. The lowest BCUT2D eigenvalue weighted by molar-refractivity contribution is -0.141. The highest BCUT2D eigenvalue weighted by molar-refractivity contribution is 5.92.